The molecule has 0 saturated carbocycles. The molecule has 0 unspecified atom stereocenters. The van der Waals surface area contributed by atoms with E-state index < -0.39 is 54.0 Å². The molecule has 0 aliphatic carbocycles. The van der Waals surface area contributed by atoms with Crippen molar-refractivity contribution in [2.75, 3.05) is 6.61 Å². The van der Waals surface area contributed by atoms with E-state index in [1.807, 2.05) is 6.07 Å². The maximum absolute atomic E-state index is 13.4. The third kappa shape index (κ3) is 12.6. The number of alkyl carbamates (subject to hydrolysis) is 1. The van der Waals surface area contributed by atoms with Gasteiger partial charge in [-0.15, -0.1) is 0 Å². The summed E-state index contributed by atoms with van der Waals surface area (Å²) in [6.07, 6.45) is 0.330. The zero-order chi connectivity index (χ0) is 30.9. The van der Waals surface area contributed by atoms with Crippen LogP contribution in [-0.2, 0) is 41.7 Å². The Kier molecular flexibility index (Phi) is 14.3. The van der Waals surface area contributed by atoms with Gasteiger partial charge in [0, 0.05) is 25.0 Å². The molecule has 0 aliphatic rings. The average molecular weight is 583 g/mol. The molecule has 12 nitrogen and oxygen atoms in total. The van der Waals surface area contributed by atoms with Crippen LogP contribution in [0.15, 0.2) is 72.8 Å². The zero-order valence-electron chi connectivity index (χ0n) is 23.7. The summed E-state index contributed by atoms with van der Waals surface area (Å²) < 4.78 is 10.0. The number of esters is 1. The van der Waals surface area contributed by atoms with E-state index in [1.165, 1.54) is 13.0 Å². The SMILES string of the molecule is CCOC(=O)/C=C/[C@H](CCC(N)=O)NC(=O)[C@H](Cc1ccccc1)NC(=O)[C@@H](NC(=O)OCc1ccccc1)[C@@H](C)O. The van der Waals surface area contributed by atoms with Crippen molar-refractivity contribution in [3.05, 3.63) is 83.9 Å². The Labute approximate surface area is 244 Å². The number of nitrogens with two attached hydrogens (primary N) is 1. The topological polar surface area (TPSA) is 186 Å². The van der Waals surface area contributed by atoms with E-state index >= 15 is 0 Å². The lowest BCUT2D eigenvalue weighted by molar-refractivity contribution is -0.137. The number of amides is 4. The highest BCUT2D eigenvalue weighted by Crippen LogP contribution is 2.08. The van der Waals surface area contributed by atoms with Gasteiger partial charge in [0.2, 0.25) is 17.7 Å². The Morgan fingerprint density at radius 1 is 0.881 bits per heavy atom. The fourth-order valence-electron chi connectivity index (χ4n) is 3.80. The number of rotatable bonds is 16. The second-order valence-corrected chi connectivity index (χ2v) is 9.41. The molecule has 4 amide bonds. The Morgan fingerprint density at radius 2 is 1.50 bits per heavy atom. The number of hydrogen-bond acceptors (Lipinski definition) is 8. The summed E-state index contributed by atoms with van der Waals surface area (Å²) >= 11 is 0. The second kappa shape index (κ2) is 17.9. The normalized spacial score (nSPS) is 13.7. The van der Waals surface area contributed by atoms with Gasteiger partial charge in [-0.1, -0.05) is 66.7 Å². The van der Waals surface area contributed by atoms with Crippen molar-refractivity contribution in [1.29, 1.82) is 0 Å². The van der Waals surface area contributed by atoms with E-state index in [0.717, 1.165) is 17.2 Å². The summed E-state index contributed by atoms with van der Waals surface area (Å²) in [4.78, 5) is 62.2. The fourth-order valence-corrected chi connectivity index (χ4v) is 3.80. The monoisotopic (exact) mass is 582 g/mol. The highest BCUT2D eigenvalue weighted by molar-refractivity contribution is 5.92. The molecule has 0 aliphatic heterocycles. The number of benzene rings is 2. The van der Waals surface area contributed by atoms with Gasteiger partial charge >= 0.3 is 12.1 Å². The van der Waals surface area contributed by atoms with Crippen molar-refractivity contribution in [3.8, 4) is 0 Å². The standard InChI is InChI=1S/C30H38N4O8/c1-3-41-26(37)17-15-23(14-16-25(31)36)32-28(38)24(18-21-10-6-4-7-11-21)33-29(39)27(20(2)35)34-30(40)42-19-22-12-8-5-9-13-22/h4-13,15,17,20,23-24,27,35H,3,14,16,18-19H2,1-2H3,(H2,31,36)(H,32,38)(H,33,39)(H,34,40)/b17-15+/t20-,23+,24+,27+/m1/s1. The van der Waals surface area contributed by atoms with E-state index in [9.17, 15) is 29.1 Å². The molecule has 2 aromatic rings. The van der Waals surface area contributed by atoms with Crippen molar-refractivity contribution in [1.82, 2.24) is 16.0 Å². The first-order valence-electron chi connectivity index (χ1n) is 13.5. The third-order valence-corrected chi connectivity index (χ3v) is 5.95. The van der Waals surface area contributed by atoms with E-state index in [0.29, 0.717) is 0 Å². The van der Waals surface area contributed by atoms with Gasteiger partial charge in [0.25, 0.3) is 0 Å². The van der Waals surface area contributed by atoms with Crippen LogP contribution in [0.25, 0.3) is 0 Å². The summed E-state index contributed by atoms with van der Waals surface area (Å²) in [5.41, 5.74) is 6.72. The first-order valence-corrected chi connectivity index (χ1v) is 13.5. The lowest BCUT2D eigenvalue weighted by Gasteiger charge is -2.26. The molecule has 6 N–H and O–H groups in total. The fraction of sp³-hybridized carbons (Fsp3) is 0.367. The number of carbonyl (C=O) groups excluding carboxylic acids is 5. The van der Waals surface area contributed by atoms with Crippen LogP contribution in [0.5, 0.6) is 0 Å². The Bertz CT molecular complexity index is 1200. The minimum Gasteiger partial charge on any atom is -0.463 e. The summed E-state index contributed by atoms with van der Waals surface area (Å²) in [5, 5.41) is 17.9. The number of carbonyl (C=O) groups is 5. The van der Waals surface area contributed by atoms with Crippen LogP contribution in [0.4, 0.5) is 4.79 Å². The minimum atomic E-state index is -1.44. The van der Waals surface area contributed by atoms with E-state index in [1.54, 1.807) is 61.5 Å². The van der Waals surface area contributed by atoms with E-state index in [2.05, 4.69) is 16.0 Å². The largest absolute Gasteiger partial charge is 0.463 e. The number of aliphatic hydroxyl groups is 1. The van der Waals surface area contributed by atoms with Crippen molar-refractivity contribution in [3.63, 3.8) is 0 Å². The van der Waals surface area contributed by atoms with Crippen LogP contribution >= 0.6 is 0 Å². The molecule has 0 saturated heterocycles. The zero-order valence-corrected chi connectivity index (χ0v) is 23.7. The van der Waals surface area contributed by atoms with Crippen LogP contribution in [0, 0.1) is 0 Å². The smallest absolute Gasteiger partial charge is 0.408 e. The predicted octanol–water partition coefficient (Wildman–Crippen LogP) is 1.26. The molecule has 0 radical (unpaired) electrons. The first-order chi connectivity index (χ1) is 20.1. The molecule has 226 valence electrons. The molecular formula is C30H38N4O8. The van der Waals surface area contributed by atoms with Gasteiger partial charge in [-0.2, -0.15) is 0 Å². The van der Waals surface area contributed by atoms with E-state index in [4.69, 9.17) is 15.2 Å². The number of nitrogens with one attached hydrogen (secondary N) is 3. The number of primary amides is 1. The quantitative estimate of drug-likeness (QED) is 0.145. The highest BCUT2D eigenvalue weighted by atomic mass is 16.5. The van der Waals surface area contributed by atoms with Crippen molar-refractivity contribution < 1.29 is 38.6 Å². The molecule has 0 aromatic heterocycles. The van der Waals surface area contributed by atoms with Crippen molar-refractivity contribution >= 4 is 29.8 Å². The summed E-state index contributed by atoms with van der Waals surface area (Å²) in [6, 6.07) is 14.4. The van der Waals surface area contributed by atoms with Crippen molar-refractivity contribution in [2.45, 2.75) is 63.9 Å². The van der Waals surface area contributed by atoms with Gasteiger partial charge in [0.1, 0.15) is 18.7 Å². The van der Waals surface area contributed by atoms with Gasteiger partial charge in [-0.3, -0.25) is 14.4 Å². The van der Waals surface area contributed by atoms with Crippen LogP contribution in [-0.4, -0.2) is 65.7 Å². The number of ether oxygens (including phenoxy) is 2. The molecule has 0 bridgehead atoms. The van der Waals surface area contributed by atoms with Gasteiger partial charge in [-0.25, -0.2) is 9.59 Å². The molecule has 2 rings (SSSR count). The molecular weight excluding hydrogens is 544 g/mol. The average Bonchev–Trinajstić information content (AvgIpc) is 2.96. The van der Waals surface area contributed by atoms with Crippen LogP contribution in [0.2, 0.25) is 0 Å². The molecule has 12 heteroatoms. The van der Waals surface area contributed by atoms with Gasteiger partial charge in [0.05, 0.1) is 12.7 Å². The van der Waals surface area contributed by atoms with Gasteiger partial charge in [0.15, 0.2) is 0 Å². The Morgan fingerprint density at radius 3 is 2.07 bits per heavy atom. The molecule has 42 heavy (non-hydrogen) atoms. The van der Waals surface area contributed by atoms with Gasteiger partial charge < -0.3 is 36.3 Å². The van der Waals surface area contributed by atoms with Crippen LogP contribution in [0.3, 0.4) is 0 Å². The first kappa shape index (κ1) is 33.5. The molecule has 0 fully saturated rings. The lowest BCUT2D eigenvalue weighted by Crippen LogP contribution is -2.58. The second-order valence-electron chi connectivity index (χ2n) is 9.41. The lowest BCUT2D eigenvalue weighted by atomic mass is 10.0. The minimum absolute atomic E-state index is 0.0497. The predicted molar refractivity (Wildman–Crippen MR) is 153 cm³/mol. The van der Waals surface area contributed by atoms with Gasteiger partial charge in [-0.05, 0) is 31.4 Å². The van der Waals surface area contributed by atoms with Crippen LogP contribution < -0.4 is 21.7 Å². The molecule has 0 heterocycles. The maximum atomic E-state index is 13.4. The van der Waals surface area contributed by atoms with Crippen LogP contribution in [0.1, 0.15) is 37.8 Å². The van der Waals surface area contributed by atoms with E-state index in [-0.39, 0.29) is 32.5 Å². The maximum Gasteiger partial charge on any atom is 0.408 e. The number of aliphatic hydroxyl groups excluding tert-OH is 1. The Balaban J connectivity index is 2.18. The Hall–Kier alpha value is -4.71. The molecule has 4 atom stereocenters. The molecule has 2 aromatic carbocycles. The summed E-state index contributed by atoms with van der Waals surface area (Å²) in [7, 11) is 0. The number of hydrogen-bond donors (Lipinski definition) is 5. The molecule has 0 spiro atoms. The summed E-state index contributed by atoms with van der Waals surface area (Å²) in [5.74, 6) is -2.69. The van der Waals surface area contributed by atoms with Crippen molar-refractivity contribution in [2.24, 2.45) is 5.73 Å². The third-order valence-electron chi connectivity index (χ3n) is 5.95. The highest BCUT2D eigenvalue weighted by Gasteiger charge is 2.31. The summed E-state index contributed by atoms with van der Waals surface area (Å²) in [6.45, 7) is 3.07.